The molecule has 1 aromatic heterocycles. The molecule has 0 spiro atoms. The minimum Gasteiger partial charge on any atom is -0.480 e. The molecule has 1 aliphatic heterocycles. The largest absolute Gasteiger partial charge is 0.480 e. The lowest BCUT2D eigenvalue weighted by Gasteiger charge is -2.29. The second-order valence-corrected chi connectivity index (χ2v) is 21.7. The normalized spacial score (nSPS) is 17.3. The first-order chi connectivity index (χ1) is 38.3. The summed E-state index contributed by atoms with van der Waals surface area (Å²) in [4.78, 5) is 152. The van der Waals surface area contributed by atoms with E-state index in [2.05, 4.69) is 60.1 Å². The van der Waals surface area contributed by atoms with Gasteiger partial charge in [0.25, 0.3) is 0 Å². The monoisotopic (exact) mass is 1160 g/mol. The van der Waals surface area contributed by atoms with Gasteiger partial charge in [-0.2, -0.15) is 12.6 Å². The molecule has 0 unspecified atom stereocenters. The molecule has 0 aliphatic carbocycles. The maximum atomic E-state index is 14.6. The van der Waals surface area contributed by atoms with Crippen molar-refractivity contribution in [1.82, 2.24) is 52.4 Å². The molecule has 2 heterocycles. The number of primary amides is 1. The highest BCUT2D eigenvalue weighted by Gasteiger charge is 2.39. The van der Waals surface area contributed by atoms with Crippen LogP contribution in [-0.2, 0) is 59.2 Å². The average molecular weight is 1160 g/mol. The summed E-state index contributed by atoms with van der Waals surface area (Å²) in [5, 5.41) is 41.9. The lowest BCUT2D eigenvalue weighted by molar-refractivity contribution is -0.149. The van der Waals surface area contributed by atoms with E-state index in [1.807, 2.05) is 19.1 Å². The van der Waals surface area contributed by atoms with Crippen molar-refractivity contribution in [2.45, 2.75) is 180 Å². The van der Waals surface area contributed by atoms with Crippen LogP contribution in [0.25, 0.3) is 10.9 Å². The number of aromatic nitrogens is 1. The number of hydrogen-bond acceptors (Lipinski definition) is 15. The van der Waals surface area contributed by atoms with E-state index in [-0.39, 0.29) is 69.2 Å². The number of aliphatic hydroxyl groups is 1. The number of hydrogen-bond donors (Lipinski definition) is 15. The summed E-state index contributed by atoms with van der Waals surface area (Å²) in [6.07, 6.45) is 1.93. The fraction of sp³-hybridized carbons (Fsp3) is 0.648. The summed E-state index contributed by atoms with van der Waals surface area (Å²) >= 11 is 4.28. The fourth-order valence-electron chi connectivity index (χ4n) is 9.15. The Hall–Kier alpha value is -6.84. The van der Waals surface area contributed by atoms with Gasteiger partial charge in [-0.05, 0) is 87.8 Å². The zero-order valence-corrected chi connectivity index (χ0v) is 48.4. The highest BCUT2D eigenvalue weighted by Crippen LogP contribution is 2.22. The van der Waals surface area contributed by atoms with Crippen molar-refractivity contribution < 1.29 is 63.0 Å². The molecule has 1 fully saturated rings. The number of aliphatic carboxylic acids is 1. The Labute approximate surface area is 478 Å². The number of carbonyl (C=O) groups excluding carboxylic acids is 10. The molecule has 2 aromatic rings. The number of nitrogens with zero attached hydrogens (tertiary/aromatic N) is 1. The van der Waals surface area contributed by atoms with E-state index in [0.29, 0.717) is 37.7 Å². The third-order valence-corrected chi connectivity index (χ3v) is 14.8. The van der Waals surface area contributed by atoms with Crippen molar-refractivity contribution in [3.8, 4) is 0 Å². The van der Waals surface area contributed by atoms with E-state index >= 15 is 0 Å². The van der Waals surface area contributed by atoms with Crippen molar-refractivity contribution in [3.05, 3.63) is 36.0 Å². The molecule has 26 nitrogen and oxygen atoms in total. The summed E-state index contributed by atoms with van der Waals surface area (Å²) in [7, 11) is 0. The maximum absolute atomic E-state index is 14.6. The van der Waals surface area contributed by atoms with Crippen LogP contribution >= 0.6 is 12.6 Å². The molecule has 0 saturated carbocycles. The van der Waals surface area contributed by atoms with Crippen LogP contribution in [0.5, 0.6) is 0 Å². The van der Waals surface area contributed by atoms with Gasteiger partial charge >= 0.3 is 5.97 Å². The number of aromatic amines is 1. The number of benzene rings is 1. The molecule has 12 atom stereocenters. The van der Waals surface area contributed by atoms with Crippen LogP contribution in [0.2, 0.25) is 0 Å². The van der Waals surface area contributed by atoms with Gasteiger partial charge in [0.2, 0.25) is 59.1 Å². The van der Waals surface area contributed by atoms with Crippen LogP contribution in [0.1, 0.15) is 118 Å². The second kappa shape index (κ2) is 33.8. The number of thiol groups is 1. The number of nitrogens with two attached hydrogens (primary N) is 3. The van der Waals surface area contributed by atoms with Gasteiger partial charge in [-0.25, -0.2) is 4.79 Å². The van der Waals surface area contributed by atoms with Gasteiger partial charge in [-0.1, -0.05) is 72.6 Å². The van der Waals surface area contributed by atoms with Gasteiger partial charge in [0.05, 0.1) is 18.7 Å². The van der Waals surface area contributed by atoms with Crippen LogP contribution in [0, 0.1) is 17.8 Å². The Morgan fingerprint density at radius 1 is 0.716 bits per heavy atom. The number of carboxylic acid groups (broad SMARTS) is 1. The summed E-state index contributed by atoms with van der Waals surface area (Å²) < 4.78 is 0. The first-order valence-electron chi connectivity index (χ1n) is 27.8. The van der Waals surface area contributed by atoms with E-state index in [4.69, 9.17) is 17.2 Å². The topological polar surface area (TPSA) is 422 Å². The number of carboxylic acids is 1. The molecule has 452 valence electrons. The van der Waals surface area contributed by atoms with Gasteiger partial charge in [0.1, 0.15) is 48.3 Å². The number of fused-ring (bicyclic) bond motifs is 1. The first kappa shape index (κ1) is 68.4. The molecule has 0 bridgehead atoms. The lowest BCUT2D eigenvalue weighted by atomic mass is 9.95. The molecule has 27 heteroatoms. The van der Waals surface area contributed by atoms with Crippen LogP contribution < -0.4 is 59.7 Å². The van der Waals surface area contributed by atoms with E-state index in [1.54, 1.807) is 52.9 Å². The average Bonchev–Trinajstić information content (AvgIpc) is 4.17. The number of rotatable bonds is 35. The molecular weight excluding hydrogens is 1070 g/mol. The van der Waals surface area contributed by atoms with Gasteiger partial charge in [-0.15, -0.1) is 0 Å². The highest BCUT2D eigenvalue weighted by atomic mass is 32.1. The number of aliphatic hydroxyl groups excluding tert-OH is 1. The number of unbranched alkanes of at least 4 members (excludes halogenated alkanes) is 1. The Bertz CT molecular complexity index is 2490. The SMILES string of the molecule is CC[C@H](C)[C@H](N)C(=O)N[C@H](C(=O)N[C@@H](CCC(N)=O)C(=O)NCC(=O)N[C@H](C(=O)N[C@@H](CC(C)C)C(=O)N[C@@H](Cc1c[nH]c2ccccc12)C(=O)N[C@@H](CCCCN)C(=O)N[C@@H](CS)C(=O)N1CCC[C@H]1C(=O)O)[C@@H](C)O)[C@@H](C)CC. The van der Waals surface area contributed by atoms with Crippen molar-refractivity contribution in [2.75, 3.05) is 25.4 Å². The second-order valence-electron chi connectivity index (χ2n) is 21.3. The Balaban J connectivity index is 1.85. The predicted octanol–water partition coefficient (Wildman–Crippen LogP) is -1.53. The van der Waals surface area contributed by atoms with E-state index in [0.717, 1.165) is 10.9 Å². The minimum atomic E-state index is -1.71. The zero-order valence-electron chi connectivity index (χ0n) is 47.5. The van der Waals surface area contributed by atoms with Crippen molar-refractivity contribution >= 4 is 88.6 Å². The van der Waals surface area contributed by atoms with Crippen molar-refractivity contribution in [2.24, 2.45) is 35.0 Å². The zero-order chi connectivity index (χ0) is 60.7. The quantitative estimate of drug-likeness (QED) is 0.0275. The molecule has 1 aliphatic rings. The van der Waals surface area contributed by atoms with Crippen LogP contribution in [0.15, 0.2) is 30.5 Å². The summed E-state index contributed by atoms with van der Waals surface area (Å²) in [5.74, 6) is -10.4. The highest BCUT2D eigenvalue weighted by molar-refractivity contribution is 7.80. The molecule has 1 saturated heterocycles. The van der Waals surface area contributed by atoms with Gasteiger partial charge in [-0.3, -0.25) is 47.9 Å². The first-order valence-corrected chi connectivity index (χ1v) is 28.4. The Morgan fingerprint density at radius 2 is 1.30 bits per heavy atom. The molecule has 17 N–H and O–H groups in total. The molecule has 1 aromatic carbocycles. The molecule has 3 rings (SSSR count). The standard InChI is InChI=1S/C54H87N13O13S/c1-8-29(5)43(57)50(75)66-44(30(6)9-2)51(76)61-36(19-20-41(56)69)46(71)59-26-42(70)65-45(31(7)68)52(77)63-37(23-28(3)4)48(73)62-38(24-32-25-58-34-16-11-10-15-33(32)34)49(74)60-35(17-12-13-21-55)47(72)64-39(27-81)53(78)67-22-14-18-40(67)54(79)80/h10-11,15-16,25,28-31,35-40,43-45,58,68,81H,8-9,12-14,17-24,26-27,55,57H2,1-7H3,(H2,56,69)(H,59,71)(H,60,74)(H,61,76)(H,62,73)(H,63,77)(H,64,72)(H,65,70)(H,66,75)(H,79,80)/t29-,30-,31+,35-,36-,37-,38-,39-,40-,43-,44-,45-/m0/s1. The number of carbonyl (C=O) groups is 11. The number of likely N-dealkylation sites (tertiary alicyclic amines) is 1. The predicted molar refractivity (Wildman–Crippen MR) is 304 cm³/mol. The van der Waals surface area contributed by atoms with E-state index in [9.17, 15) is 63.0 Å². The van der Waals surface area contributed by atoms with Gasteiger partial charge in [0, 0.05) is 42.2 Å². The third-order valence-electron chi connectivity index (χ3n) is 14.4. The van der Waals surface area contributed by atoms with Gasteiger partial charge in [0.15, 0.2) is 0 Å². The Kier molecular flexibility index (Phi) is 28.6. The third kappa shape index (κ3) is 21.2. The van der Waals surface area contributed by atoms with Crippen LogP contribution in [0.3, 0.4) is 0 Å². The number of para-hydroxylation sites is 1. The van der Waals surface area contributed by atoms with E-state index in [1.165, 1.54) is 11.8 Å². The number of nitrogens with one attached hydrogen (secondary N) is 9. The number of amides is 10. The maximum Gasteiger partial charge on any atom is 0.326 e. The Morgan fingerprint density at radius 3 is 1.90 bits per heavy atom. The summed E-state index contributed by atoms with van der Waals surface area (Å²) in [5.41, 5.74) is 18.6. The molecule has 81 heavy (non-hydrogen) atoms. The number of H-pyrrole nitrogens is 1. The summed E-state index contributed by atoms with van der Waals surface area (Å²) in [6, 6.07) is -4.36. The van der Waals surface area contributed by atoms with Crippen LogP contribution in [0.4, 0.5) is 0 Å². The van der Waals surface area contributed by atoms with Crippen LogP contribution in [-0.4, -0.2) is 171 Å². The van der Waals surface area contributed by atoms with E-state index < -0.39 is 138 Å². The molecule has 10 amide bonds. The minimum absolute atomic E-state index is 0.0107. The van der Waals surface area contributed by atoms with Gasteiger partial charge < -0.3 is 79.8 Å². The smallest absolute Gasteiger partial charge is 0.326 e. The molecular formula is C54H87N13O13S. The lowest BCUT2D eigenvalue weighted by Crippen LogP contribution is -2.61. The fourth-order valence-corrected chi connectivity index (χ4v) is 9.39. The molecule has 0 radical (unpaired) electrons. The summed E-state index contributed by atoms with van der Waals surface area (Å²) in [6.45, 7) is 11.5. The van der Waals surface area contributed by atoms with Crippen molar-refractivity contribution in [3.63, 3.8) is 0 Å². The van der Waals surface area contributed by atoms with Crippen molar-refractivity contribution in [1.29, 1.82) is 0 Å².